The number of carbonyl (C=O) groups excluding carboxylic acids is 2. The van der Waals surface area contributed by atoms with Gasteiger partial charge in [0, 0.05) is 24.7 Å². The van der Waals surface area contributed by atoms with Gasteiger partial charge in [-0.1, -0.05) is 35.6 Å². The number of para-hydroxylation sites is 1. The summed E-state index contributed by atoms with van der Waals surface area (Å²) in [6, 6.07) is 14.9. The molecule has 1 N–H and O–H groups in total. The Morgan fingerprint density at radius 2 is 2.00 bits per heavy atom. The van der Waals surface area contributed by atoms with E-state index in [1.54, 1.807) is 17.9 Å². The van der Waals surface area contributed by atoms with Gasteiger partial charge in [0.2, 0.25) is 5.01 Å². The number of aromatic nitrogens is 2. The first-order chi connectivity index (χ1) is 15.5. The normalized spacial score (nSPS) is 16.9. The van der Waals surface area contributed by atoms with Crippen molar-refractivity contribution < 1.29 is 18.7 Å². The van der Waals surface area contributed by atoms with E-state index in [2.05, 4.69) is 15.5 Å². The molecule has 1 aromatic heterocycles. The Hall–Kier alpha value is -3.33. The van der Waals surface area contributed by atoms with Crippen LogP contribution >= 0.6 is 11.3 Å². The zero-order chi connectivity index (χ0) is 22.5. The predicted octanol–water partition coefficient (Wildman–Crippen LogP) is 4.10. The maximum Gasteiger partial charge on any atom is 0.286 e. The molecule has 1 aliphatic heterocycles. The van der Waals surface area contributed by atoms with Gasteiger partial charge in [-0.2, -0.15) is 0 Å². The van der Waals surface area contributed by atoms with Crippen LogP contribution in [0.25, 0.3) is 0 Å². The number of benzene rings is 2. The fourth-order valence-corrected chi connectivity index (χ4v) is 4.50. The highest BCUT2D eigenvalue weighted by Gasteiger charge is 2.30. The largest absolute Gasteiger partial charge is 0.481 e. The van der Waals surface area contributed by atoms with E-state index in [-0.39, 0.29) is 16.8 Å². The number of amides is 2. The summed E-state index contributed by atoms with van der Waals surface area (Å²) in [5.74, 6) is -0.289. The van der Waals surface area contributed by atoms with Gasteiger partial charge in [0.15, 0.2) is 6.10 Å². The quantitative estimate of drug-likeness (QED) is 0.606. The van der Waals surface area contributed by atoms with E-state index in [0.29, 0.717) is 29.5 Å². The van der Waals surface area contributed by atoms with E-state index in [4.69, 9.17) is 4.74 Å². The molecule has 166 valence electrons. The van der Waals surface area contributed by atoms with Crippen LogP contribution in [-0.2, 0) is 4.79 Å². The van der Waals surface area contributed by atoms with E-state index in [1.807, 2.05) is 30.3 Å². The van der Waals surface area contributed by atoms with Crippen LogP contribution in [-0.4, -0.2) is 46.1 Å². The standard InChI is InChI=1S/C23H23FN4O3S/c1-15(31-19-10-3-2-4-11-19)23(30)28-12-6-7-16(14-28)21-26-27-22(32-21)20(29)25-18-9-5-8-17(24)13-18/h2-5,8-11,13,15-16H,6-7,12,14H2,1H3,(H,25,29)/t15-,16-/m1/s1. The molecule has 0 saturated carbocycles. The molecule has 2 heterocycles. The minimum atomic E-state index is -0.599. The lowest BCUT2D eigenvalue weighted by Gasteiger charge is -2.33. The number of carbonyl (C=O) groups is 2. The Bertz CT molecular complexity index is 1090. The Morgan fingerprint density at radius 3 is 2.78 bits per heavy atom. The molecule has 1 fully saturated rings. The molecule has 2 amide bonds. The van der Waals surface area contributed by atoms with Crippen LogP contribution < -0.4 is 10.1 Å². The second kappa shape index (κ2) is 9.86. The molecule has 2 aromatic carbocycles. The minimum Gasteiger partial charge on any atom is -0.481 e. The Morgan fingerprint density at radius 1 is 1.19 bits per heavy atom. The maximum atomic E-state index is 13.3. The van der Waals surface area contributed by atoms with Gasteiger partial charge in [-0.05, 0) is 50.1 Å². The number of anilines is 1. The number of rotatable bonds is 6. The second-order valence-corrected chi connectivity index (χ2v) is 8.62. The molecule has 0 radical (unpaired) electrons. The van der Waals surface area contributed by atoms with Crippen LogP contribution in [0.3, 0.4) is 0 Å². The third-order valence-electron chi connectivity index (χ3n) is 5.20. The number of likely N-dealkylation sites (tertiary alicyclic amines) is 1. The number of piperidine rings is 1. The molecular formula is C23H23FN4O3S. The monoisotopic (exact) mass is 454 g/mol. The van der Waals surface area contributed by atoms with Gasteiger partial charge in [0.1, 0.15) is 16.6 Å². The maximum absolute atomic E-state index is 13.3. The zero-order valence-corrected chi connectivity index (χ0v) is 18.3. The number of nitrogens with one attached hydrogen (secondary N) is 1. The molecule has 9 heteroatoms. The number of hydrogen-bond donors (Lipinski definition) is 1. The first-order valence-corrected chi connectivity index (χ1v) is 11.2. The Balaban J connectivity index is 1.37. The molecule has 4 rings (SSSR count). The molecule has 0 bridgehead atoms. The van der Waals surface area contributed by atoms with Gasteiger partial charge in [-0.15, -0.1) is 10.2 Å². The van der Waals surface area contributed by atoms with Crippen molar-refractivity contribution in [3.05, 3.63) is 70.4 Å². The zero-order valence-electron chi connectivity index (χ0n) is 17.5. The molecule has 2 atom stereocenters. The Labute approximate surface area is 189 Å². The molecular weight excluding hydrogens is 431 g/mol. The van der Waals surface area contributed by atoms with Crippen LogP contribution in [0.1, 0.15) is 40.5 Å². The average Bonchev–Trinajstić information content (AvgIpc) is 3.30. The van der Waals surface area contributed by atoms with Crippen LogP contribution in [0.5, 0.6) is 5.75 Å². The van der Waals surface area contributed by atoms with Gasteiger partial charge in [0.05, 0.1) is 0 Å². The molecule has 0 unspecified atom stereocenters. The lowest BCUT2D eigenvalue weighted by molar-refractivity contribution is -0.139. The van der Waals surface area contributed by atoms with E-state index < -0.39 is 17.8 Å². The van der Waals surface area contributed by atoms with Gasteiger partial charge >= 0.3 is 0 Å². The van der Waals surface area contributed by atoms with Crippen molar-refractivity contribution in [1.29, 1.82) is 0 Å². The summed E-state index contributed by atoms with van der Waals surface area (Å²) >= 11 is 1.20. The van der Waals surface area contributed by atoms with Crippen molar-refractivity contribution in [3.63, 3.8) is 0 Å². The smallest absolute Gasteiger partial charge is 0.286 e. The fraction of sp³-hybridized carbons (Fsp3) is 0.304. The molecule has 32 heavy (non-hydrogen) atoms. The third-order valence-corrected chi connectivity index (χ3v) is 6.29. The molecule has 1 saturated heterocycles. The van der Waals surface area contributed by atoms with Gasteiger partial charge < -0.3 is 15.0 Å². The highest BCUT2D eigenvalue weighted by Crippen LogP contribution is 2.30. The van der Waals surface area contributed by atoms with Crippen LogP contribution in [0.2, 0.25) is 0 Å². The Kier molecular flexibility index (Phi) is 6.75. The number of ether oxygens (including phenoxy) is 1. The lowest BCUT2D eigenvalue weighted by atomic mass is 9.98. The lowest BCUT2D eigenvalue weighted by Crippen LogP contribution is -2.45. The topological polar surface area (TPSA) is 84.4 Å². The van der Waals surface area contributed by atoms with Crippen molar-refractivity contribution in [3.8, 4) is 5.75 Å². The minimum absolute atomic E-state index is 0.00449. The summed E-state index contributed by atoms with van der Waals surface area (Å²) in [7, 11) is 0. The summed E-state index contributed by atoms with van der Waals surface area (Å²) in [6.45, 7) is 2.91. The van der Waals surface area contributed by atoms with Crippen molar-refractivity contribution in [2.75, 3.05) is 18.4 Å². The van der Waals surface area contributed by atoms with Crippen LogP contribution in [0, 0.1) is 5.82 Å². The molecule has 1 aliphatic rings. The summed E-state index contributed by atoms with van der Waals surface area (Å²) in [6.07, 6.45) is 1.09. The van der Waals surface area contributed by atoms with Crippen molar-refractivity contribution in [2.24, 2.45) is 0 Å². The number of nitrogens with zero attached hydrogens (tertiary/aromatic N) is 3. The van der Waals surface area contributed by atoms with Gasteiger partial charge in [-0.3, -0.25) is 9.59 Å². The van der Waals surface area contributed by atoms with E-state index in [9.17, 15) is 14.0 Å². The molecule has 3 aromatic rings. The SMILES string of the molecule is C[C@@H](Oc1ccccc1)C(=O)N1CCC[C@@H](c2nnc(C(=O)Nc3cccc(F)c3)s2)C1. The molecule has 0 aliphatic carbocycles. The van der Waals surface area contributed by atoms with E-state index >= 15 is 0 Å². The summed E-state index contributed by atoms with van der Waals surface area (Å²) in [5.41, 5.74) is 0.355. The first-order valence-electron chi connectivity index (χ1n) is 10.4. The van der Waals surface area contributed by atoms with Crippen molar-refractivity contribution in [1.82, 2.24) is 15.1 Å². The average molecular weight is 455 g/mol. The van der Waals surface area contributed by atoms with Gasteiger partial charge in [-0.25, -0.2) is 4.39 Å². The van der Waals surface area contributed by atoms with Gasteiger partial charge in [0.25, 0.3) is 11.8 Å². The van der Waals surface area contributed by atoms with E-state index in [0.717, 1.165) is 12.8 Å². The highest BCUT2D eigenvalue weighted by atomic mass is 32.1. The van der Waals surface area contributed by atoms with Crippen LogP contribution in [0.4, 0.5) is 10.1 Å². The molecule has 7 nitrogen and oxygen atoms in total. The molecule has 0 spiro atoms. The first kappa shape index (κ1) is 21.9. The van der Waals surface area contributed by atoms with Crippen molar-refractivity contribution in [2.45, 2.75) is 31.8 Å². The number of hydrogen-bond acceptors (Lipinski definition) is 6. The third kappa shape index (κ3) is 5.28. The van der Waals surface area contributed by atoms with Crippen molar-refractivity contribution >= 4 is 28.8 Å². The summed E-state index contributed by atoms with van der Waals surface area (Å²) in [5, 5.41) is 11.7. The summed E-state index contributed by atoms with van der Waals surface area (Å²) < 4.78 is 19.1. The highest BCUT2D eigenvalue weighted by molar-refractivity contribution is 7.13. The number of halogens is 1. The predicted molar refractivity (Wildman–Crippen MR) is 119 cm³/mol. The second-order valence-electron chi connectivity index (χ2n) is 7.61. The fourth-order valence-electron chi connectivity index (χ4n) is 3.63. The van der Waals surface area contributed by atoms with E-state index in [1.165, 1.54) is 29.5 Å². The van der Waals surface area contributed by atoms with Crippen LogP contribution in [0.15, 0.2) is 54.6 Å². The summed E-state index contributed by atoms with van der Waals surface area (Å²) in [4.78, 5) is 27.1.